The number of rotatable bonds is 1. The van der Waals surface area contributed by atoms with Crippen LogP contribution < -0.4 is 5.32 Å². The van der Waals surface area contributed by atoms with Gasteiger partial charge in [0.25, 0.3) is 0 Å². The highest BCUT2D eigenvalue weighted by atomic mass is 16.1. The van der Waals surface area contributed by atoms with Crippen molar-refractivity contribution in [3.8, 4) is 0 Å². The van der Waals surface area contributed by atoms with E-state index in [0.29, 0.717) is 0 Å². The van der Waals surface area contributed by atoms with Gasteiger partial charge in [-0.2, -0.15) is 0 Å². The smallest absolute Gasteiger partial charge is 0.200 e. The fourth-order valence-corrected chi connectivity index (χ4v) is 2.46. The molecular formula is C12H22BNO. The third kappa shape index (κ3) is 5.24. The Bertz CT molecular complexity index is 196. The second kappa shape index (κ2) is 6.19. The summed E-state index contributed by atoms with van der Waals surface area (Å²) in [6, 6.07) is 0. The van der Waals surface area contributed by atoms with E-state index in [1.54, 1.807) is 0 Å². The Morgan fingerprint density at radius 1 is 1.00 bits per heavy atom. The molecule has 2 radical (unpaired) electrons. The van der Waals surface area contributed by atoms with E-state index in [2.05, 4.69) is 12.2 Å². The molecule has 1 fully saturated rings. The van der Waals surface area contributed by atoms with Gasteiger partial charge in [-0.25, -0.2) is 0 Å². The predicted molar refractivity (Wildman–Crippen MR) is 64.2 cm³/mol. The van der Waals surface area contributed by atoms with Gasteiger partial charge in [-0.1, -0.05) is 44.9 Å². The van der Waals surface area contributed by atoms with Gasteiger partial charge < -0.3 is 5.32 Å². The average Bonchev–Trinajstić information content (AvgIpc) is 2.14. The molecule has 0 heterocycles. The van der Waals surface area contributed by atoms with E-state index >= 15 is 0 Å². The summed E-state index contributed by atoms with van der Waals surface area (Å²) in [5.74, 6) is -0.380. The van der Waals surface area contributed by atoms with Crippen LogP contribution in [0.2, 0.25) is 0 Å². The molecule has 0 saturated heterocycles. The lowest BCUT2D eigenvalue weighted by Gasteiger charge is -2.31. The van der Waals surface area contributed by atoms with Gasteiger partial charge in [0.15, 0.2) is 5.81 Å². The third-order valence-corrected chi connectivity index (χ3v) is 3.38. The van der Waals surface area contributed by atoms with Crippen molar-refractivity contribution < 1.29 is 4.79 Å². The first kappa shape index (κ1) is 12.6. The van der Waals surface area contributed by atoms with Crippen LogP contribution in [-0.2, 0) is 0 Å². The fraction of sp³-hybridized carbons (Fsp3) is 0.917. The number of hydrogen-bond acceptors (Lipinski definition) is 1. The van der Waals surface area contributed by atoms with E-state index in [9.17, 15) is 4.79 Å². The van der Waals surface area contributed by atoms with Gasteiger partial charge in [-0.05, 0) is 19.8 Å². The van der Waals surface area contributed by atoms with Crippen LogP contribution in [0.4, 0.5) is 4.79 Å². The molecule has 0 unspecified atom stereocenters. The van der Waals surface area contributed by atoms with Crippen molar-refractivity contribution in [2.45, 2.75) is 70.3 Å². The zero-order chi connectivity index (χ0) is 11.1. The van der Waals surface area contributed by atoms with Gasteiger partial charge >= 0.3 is 0 Å². The summed E-state index contributed by atoms with van der Waals surface area (Å²) in [6.07, 6.45) is 11.2. The van der Waals surface area contributed by atoms with E-state index < -0.39 is 0 Å². The SMILES string of the molecule is [B]C(=O)NC1(C)CCCCCCCCC1. The Balaban J connectivity index is 2.46. The minimum Gasteiger partial charge on any atom is -0.361 e. The van der Waals surface area contributed by atoms with Gasteiger partial charge in [-0.15, -0.1) is 0 Å². The molecule has 2 nitrogen and oxygen atoms in total. The van der Waals surface area contributed by atoms with E-state index in [1.165, 1.54) is 44.9 Å². The quantitative estimate of drug-likeness (QED) is 0.657. The van der Waals surface area contributed by atoms with Crippen LogP contribution in [0.15, 0.2) is 0 Å². The second-order valence-electron chi connectivity index (χ2n) is 5.02. The molecule has 0 atom stereocenters. The van der Waals surface area contributed by atoms with Crippen LogP contribution in [-0.4, -0.2) is 19.2 Å². The van der Waals surface area contributed by atoms with Crippen molar-refractivity contribution >= 4 is 13.7 Å². The zero-order valence-corrected chi connectivity index (χ0v) is 9.85. The summed E-state index contributed by atoms with van der Waals surface area (Å²) in [4.78, 5) is 10.9. The summed E-state index contributed by atoms with van der Waals surface area (Å²) in [6.45, 7) is 2.12. The van der Waals surface area contributed by atoms with Crippen molar-refractivity contribution in [2.75, 3.05) is 0 Å². The van der Waals surface area contributed by atoms with Crippen molar-refractivity contribution in [1.82, 2.24) is 5.32 Å². The monoisotopic (exact) mass is 207 g/mol. The summed E-state index contributed by atoms with van der Waals surface area (Å²) >= 11 is 0. The van der Waals surface area contributed by atoms with E-state index in [-0.39, 0.29) is 11.3 Å². The first-order valence-electron chi connectivity index (χ1n) is 6.20. The maximum absolute atomic E-state index is 10.9. The van der Waals surface area contributed by atoms with Gasteiger partial charge in [0.05, 0.1) is 0 Å². The highest BCUT2D eigenvalue weighted by Crippen LogP contribution is 2.24. The fourth-order valence-electron chi connectivity index (χ4n) is 2.46. The molecule has 1 aliphatic carbocycles. The highest BCUT2D eigenvalue weighted by molar-refractivity contribution is 6.57. The Morgan fingerprint density at radius 2 is 1.40 bits per heavy atom. The summed E-state index contributed by atoms with van der Waals surface area (Å²) < 4.78 is 0. The summed E-state index contributed by atoms with van der Waals surface area (Å²) in [5.41, 5.74) is -0.0663. The van der Waals surface area contributed by atoms with Crippen LogP contribution >= 0.6 is 0 Å². The predicted octanol–water partition coefficient (Wildman–Crippen LogP) is 3.15. The summed E-state index contributed by atoms with van der Waals surface area (Å²) in [7, 11) is 5.22. The number of carbonyl (C=O) groups excluding carboxylic acids is 1. The molecule has 84 valence electrons. The highest BCUT2D eigenvalue weighted by Gasteiger charge is 2.23. The Kier molecular flexibility index (Phi) is 5.20. The molecule has 1 rings (SSSR count). The molecule has 0 aromatic carbocycles. The van der Waals surface area contributed by atoms with Gasteiger partial charge in [0.1, 0.15) is 0 Å². The first-order chi connectivity index (χ1) is 7.12. The largest absolute Gasteiger partial charge is 0.361 e. The van der Waals surface area contributed by atoms with Crippen molar-refractivity contribution in [1.29, 1.82) is 0 Å². The van der Waals surface area contributed by atoms with Crippen LogP contribution in [0.5, 0.6) is 0 Å². The van der Waals surface area contributed by atoms with Crippen LogP contribution in [0, 0.1) is 0 Å². The molecule has 0 bridgehead atoms. The Labute approximate surface area is 94.6 Å². The van der Waals surface area contributed by atoms with E-state index in [0.717, 1.165) is 12.8 Å². The minimum absolute atomic E-state index is 0.0663. The molecule has 1 amide bonds. The van der Waals surface area contributed by atoms with E-state index in [4.69, 9.17) is 7.85 Å². The second-order valence-corrected chi connectivity index (χ2v) is 5.02. The number of carbonyl (C=O) groups is 1. The van der Waals surface area contributed by atoms with Crippen molar-refractivity contribution in [3.05, 3.63) is 0 Å². The lowest BCUT2D eigenvalue weighted by molar-refractivity contribution is 0.236. The molecule has 1 saturated carbocycles. The van der Waals surface area contributed by atoms with Crippen molar-refractivity contribution in [2.24, 2.45) is 0 Å². The number of amides is 1. The Hall–Kier alpha value is -0.465. The molecule has 0 aromatic heterocycles. The molecule has 15 heavy (non-hydrogen) atoms. The van der Waals surface area contributed by atoms with Crippen LogP contribution in [0.3, 0.4) is 0 Å². The van der Waals surface area contributed by atoms with Gasteiger partial charge in [0.2, 0.25) is 7.85 Å². The van der Waals surface area contributed by atoms with Crippen LogP contribution in [0.1, 0.15) is 64.7 Å². The molecule has 0 aliphatic heterocycles. The number of nitrogens with one attached hydrogen (secondary N) is 1. The first-order valence-corrected chi connectivity index (χ1v) is 6.20. The summed E-state index contributed by atoms with van der Waals surface area (Å²) in [5, 5.41) is 2.91. The molecule has 0 spiro atoms. The van der Waals surface area contributed by atoms with E-state index in [1.807, 2.05) is 0 Å². The average molecular weight is 207 g/mol. The van der Waals surface area contributed by atoms with Gasteiger partial charge in [-0.3, -0.25) is 4.79 Å². The maximum atomic E-state index is 10.9. The minimum atomic E-state index is -0.380. The number of hydrogen-bond donors (Lipinski definition) is 1. The lowest BCUT2D eigenvalue weighted by atomic mass is 9.86. The maximum Gasteiger partial charge on any atom is 0.200 e. The third-order valence-electron chi connectivity index (χ3n) is 3.38. The topological polar surface area (TPSA) is 29.1 Å². The molecule has 3 heteroatoms. The normalized spacial score (nSPS) is 23.0. The van der Waals surface area contributed by atoms with Gasteiger partial charge in [0, 0.05) is 5.54 Å². The Morgan fingerprint density at radius 3 is 1.80 bits per heavy atom. The van der Waals surface area contributed by atoms with Crippen LogP contribution in [0.25, 0.3) is 0 Å². The zero-order valence-electron chi connectivity index (χ0n) is 9.85. The molecule has 0 aromatic rings. The molecule has 1 N–H and O–H groups in total. The molecule has 1 aliphatic rings. The molecular weight excluding hydrogens is 185 g/mol. The standard InChI is InChI=1S/C12H22BNO/c1-12(14-11(13)15)9-7-5-3-2-4-6-8-10-12/h2-10H2,1H3,(H,14,15). The lowest BCUT2D eigenvalue weighted by Crippen LogP contribution is -2.45. The van der Waals surface area contributed by atoms with Crippen molar-refractivity contribution in [3.63, 3.8) is 0 Å².